The molecule has 6 heteroatoms. The first-order chi connectivity index (χ1) is 12.2. The summed E-state index contributed by atoms with van der Waals surface area (Å²) in [6.45, 7) is 0. The highest BCUT2D eigenvalue weighted by Crippen LogP contribution is 2.22. The van der Waals surface area contributed by atoms with Crippen LogP contribution in [0.4, 0.5) is 0 Å². The summed E-state index contributed by atoms with van der Waals surface area (Å²) in [5, 5.41) is 3.84. The van der Waals surface area contributed by atoms with Crippen LogP contribution >= 0.6 is 11.6 Å². The molecule has 132 valence electrons. The lowest BCUT2D eigenvalue weighted by Crippen LogP contribution is -2.39. The number of aryl methyl sites for hydroxylation is 1. The molecular formula is C19H22ClN3O2. The highest BCUT2D eigenvalue weighted by atomic mass is 35.5. The fraction of sp³-hybridized carbons (Fsp3) is 0.421. The number of hydrogen-bond donors (Lipinski definition) is 1. The van der Waals surface area contributed by atoms with Crippen LogP contribution in [0.3, 0.4) is 0 Å². The number of amides is 1. The highest BCUT2D eigenvalue weighted by molar-refractivity contribution is 6.30. The lowest BCUT2D eigenvalue weighted by molar-refractivity contribution is -0.122. The number of hydrogen-bond acceptors (Lipinski definition) is 4. The molecule has 1 N–H and O–H groups in total. The van der Waals surface area contributed by atoms with Crippen molar-refractivity contribution in [3.63, 3.8) is 0 Å². The van der Waals surface area contributed by atoms with Crippen molar-refractivity contribution >= 4 is 17.5 Å². The summed E-state index contributed by atoms with van der Waals surface area (Å²) in [7, 11) is 0. The van der Waals surface area contributed by atoms with Crippen molar-refractivity contribution < 1.29 is 9.53 Å². The van der Waals surface area contributed by atoms with E-state index in [4.69, 9.17) is 16.3 Å². The van der Waals surface area contributed by atoms with Gasteiger partial charge in [-0.2, -0.15) is 0 Å². The van der Waals surface area contributed by atoms with Gasteiger partial charge in [0.2, 0.25) is 5.91 Å². The van der Waals surface area contributed by atoms with Crippen LogP contribution in [0.25, 0.3) is 0 Å². The van der Waals surface area contributed by atoms with Gasteiger partial charge >= 0.3 is 6.01 Å². The van der Waals surface area contributed by atoms with E-state index in [9.17, 15) is 4.79 Å². The number of carbonyl (C=O) groups is 1. The summed E-state index contributed by atoms with van der Waals surface area (Å²) >= 11 is 5.97. The zero-order chi connectivity index (χ0) is 17.5. The van der Waals surface area contributed by atoms with E-state index < -0.39 is 0 Å². The maximum absolute atomic E-state index is 12.1. The minimum atomic E-state index is 0.0933. The van der Waals surface area contributed by atoms with Gasteiger partial charge in [0.25, 0.3) is 0 Å². The monoisotopic (exact) mass is 359 g/mol. The lowest BCUT2D eigenvalue weighted by Gasteiger charge is -2.28. The molecule has 0 spiro atoms. The van der Waals surface area contributed by atoms with Crippen molar-refractivity contribution in [2.24, 2.45) is 0 Å². The molecule has 1 aliphatic carbocycles. The number of carbonyl (C=O) groups excluding carboxylic acids is 1. The Bertz CT molecular complexity index is 688. The minimum Gasteiger partial charge on any atom is -0.460 e. The van der Waals surface area contributed by atoms with Gasteiger partial charge in [-0.3, -0.25) is 4.79 Å². The largest absolute Gasteiger partial charge is 0.460 e. The number of benzene rings is 1. The molecule has 1 aromatic carbocycles. The quantitative estimate of drug-likeness (QED) is 0.856. The first-order valence-corrected chi connectivity index (χ1v) is 9.04. The first-order valence-electron chi connectivity index (χ1n) is 8.66. The van der Waals surface area contributed by atoms with Crippen molar-refractivity contribution in [1.82, 2.24) is 15.3 Å². The van der Waals surface area contributed by atoms with Crippen LogP contribution in [0.5, 0.6) is 6.01 Å². The van der Waals surface area contributed by atoms with Gasteiger partial charge in [-0.15, -0.1) is 0 Å². The number of halogens is 1. The summed E-state index contributed by atoms with van der Waals surface area (Å²) in [6, 6.07) is 10.1. The topological polar surface area (TPSA) is 64.1 Å². The van der Waals surface area contributed by atoms with Crippen LogP contribution in [-0.4, -0.2) is 28.0 Å². The highest BCUT2D eigenvalue weighted by Gasteiger charge is 2.24. The molecule has 0 saturated heterocycles. The summed E-state index contributed by atoms with van der Waals surface area (Å²) in [5.74, 6) is 0.0933. The normalized spacial score (nSPS) is 20.0. The zero-order valence-electron chi connectivity index (χ0n) is 14.0. The molecule has 0 bridgehead atoms. The van der Waals surface area contributed by atoms with Gasteiger partial charge in [-0.1, -0.05) is 23.7 Å². The van der Waals surface area contributed by atoms with E-state index in [-0.39, 0.29) is 18.1 Å². The number of nitrogens with one attached hydrogen (secondary N) is 1. The van der Waals surface area contributed by atoms with Gasteiger partial charge in [0, 0.05) is 29.9 Å². The molecule has 0 atom stereocenters. The molecule has 1 aromatic heterocycles. The van der Waals surface area contributed by atoms with Gasteiger partial charge in [0.15, 0.2) is 0 Å². The zero-order valence-corrected chi connectivity index (χ0v) is 14.8. The van der Waals surface area contributed by atoms with Gasteiger partial charge in [-0.05, 0) is 55.9 Å². The standard InChI is InChI=1S/C19H22ClN3O2/c20-15-4-1-3-14(13-15)5-10-18(24)23-16-6-8-17(9-7-16)25-19-21-11-2-12-22-19/h1-4,11-13,16-17H,5-10H2,(H,23,24). The summed E-state index contributed by atoms with van der Waals surface area (Å²) < 4.78 is 5.78. The van der Waals surface area contributed by atoms with Gasteiger partial charge in [0.05, 0.1) is 0 Å². The number of nitrogens with zero attached hydrogens (tertiary/aromatic N) is 2. The van der Waals surface area contributed by atoms with E-state index in [1.807, 2.05) is 24.3 Å². The Morgan fingerprint density at radius 1 is 1.16 bits per heavy atom. The molecule has 5 nitrogen and oxygen atoms in total. The van der Waals surface area contributed by atoms with Crippen molar-refractivity contribution in [1.29, 1.82) is 0 Å². The first kappa shape index (κ1) is 17.7. The summed E-state index contributed by atoms with van der Waals surface area (Å²) in [5.41, 5.74) is 1.09. The van der Waals surface area contributed by atoms with Crippen molar-refractivity contribution in [3.05, 3.63) is 53.3 Å². The minimum absolute atomic E-state index is 0.0933. The predicted molar refractivity (Wildman–Crippen MR) is 96.6 cm³/mol. The average molecular weight is 360 g/mol. The molecule has 2 aromatic rings. The third-order valence-electron chi connectivity index (χ3n) is 4.38. The van der Waals surface area contributed by atoms with Crippen molar-refractivity contribution in [3.8, 4) is 6.01 Å². The van der Waals surface area contributed by atoms with Gasteiger partial charge in [0.1, 0.15) is 6.10 Å². The summed E-state index contributed by atoms with van der Waals surface area (Å²) in [4.78, 5) is 20.3. The molecule has 1 amide bonds. The molecule has 1 fully saturated rings. The van der Waals surface area contributed by atoms with Crippen LogP contribution in [0, 0.1) is 0 Å². The van der Waals surface area contributed by atoms with E-state index in [2.05, 4.69) is 15.3 Å². The Labute approximate surface area is 152 Å². The van der Waals surface area contributed by atoms with Crippen LogP contribution < -0.4 is 10.1 Å². The molecule has 0 radical (unpaired) electrons. The van der Waals surface area contributed by atoms with Crippen LogP contribution in [0.15, 0.2) is 42.7 Å². The molecule has 0 aliphatic heterocycles. The molecule has 25 heavy (non-hydrogen) atoms. The molecule has 1 aliphatic rings. The second kappa shape index (κ2) is 8.81. The molecule has 1 heterocycles. The second-order valence-electron chi connectivity index (χ2n) is 6.32. The second-order valence-corrected chi connectivity index (χ2v) is 6.76. The van der Waals surface area contributed by atoms with Crippen molar-refractivity contribution in [2.45, 2.75) is 50.7 Å². The van der Waals surface area contributed by atoms with Crippen LogP contribution in [0.2, 0.25) is 5.02 Å². The number of rotatable bonds is 6. The molecular weight excluding hydrogens is 338 g/mol. The Balaban J connectivity index is 1.37. The Hall–Kier alpha value is -2.14. The lowest BCUT2D eigenvalue weighted by atomic mass is 9.93. The molecule has 0 unspecified atom stereocenters. The maximum Gasteiger partial charge on any atom is 0.316 e. The van der Waals surface area contributed by atoms with Crippen LogP contribution in [0.1, 0.15) is 37.7 Å². The Morgan fingerprint density at radius 2 is 1.92 bits per heavy atom. The third-order valence-corrected chi connectivity index (χ3v) is 4.62. The molecule has 3 rings (SSSR count). The SMILES string of the molecule is O=C(CCc1cccc(Cl)c1)NC1CCC(Oc2ncccn2)CC1. The number of ether oxygens (including phenoxy) is 1. The van der Waals surface area contributed by atoms with E-state index in [1.165, 1.54) is 0 Å². The van der Waals surface area contributed by atoms with E-state index in [0.717, 1.165) is 31.2 Å². The fourth-order valence-electron chi connectivity index (χ4n) is 3.07. The van der Waals surface area contributed by atoms with Crippen LogP contribution in [-0.2, 0) is 11.2 Å². The van der Waals surface area contributed by atoms with E-state index >= 15 is 0 Å². The smallest absolute Gasteiger partial charge is 0.316 e. The fourth-order valence-corrected chi connectivity index (χ4v) is 3.28. The summed E-state index contributed by atoms with van der Waals surface area (Å²) in [6.07, 6.45) is 8.30. The van der Waals surface area contributed by atoms with Gasteiger partial charge < -0.3 is 10.1 Å². The van der Waals surface area contributed by atoms with E-state index in [0.29, 0.717) is 23.9 Å². The predicted octanol–water partition coefficient (Wildman–Crippen LogP) is 3.57. The van der Waals surface area contributed by atoms with Crippen molar-refractivity contribution in [2.75, 3.05) is 0 Å². The molecule has 1 saturated carbocycles. The Kier molecular flexibility index (Phi) is 6.23. The Morgan fingerprint density at radius 3 is 2.64 bits per heavy atom. The van der Waals surface area contributed by atoms with E-state index in [1.54, 1.807) is 18.5 Å². The third kappa shape index (κ3) is 5.71. The maximum atomic E-state index is 12.1. The average Bonchev–Trinajstić information content (AvgIpc) is 2.63. The number of aromatic nitrogens is 2. The van der Waals surface area contributed by atoms with Gasteiger partial charge in [-0.25, -0.2) is 9.97 Å².